The minimum absolute atomic E-state index is 0.0638. The van der Waals surface area contributed by atoms with Crippen molar-refractivity contribution < 1.29 is 14.7 Å². The number of carbonyl (C=O) groups excluding carboxylic acids is 2. The van der Waals surface area contributed by atoms with E-state index >= 15 is 0 Å². The molecule has 0 spiro atoms. The Balaban J connectivity index is 2.35. The van der Waals surface area contributed by atoms with Crippen LogP contribution in [0.5, 0.6) is 0 Å². The van der Waals surface area contributed by atoms with Crippen LogP contribution in [0.2, 0.25) is 0 Å². The van der Waals surface area contributed by atoms with Crippen molar-refractivity contribution in [2.75, 3.05) is 13.2 Å². The number of hydrogen-bond acceptors (Lipinski definition) is 5. The van der Waals surface area contributed by atoms with Crippen molar-refractivity contribution in [1.82, 2.24) is 25.6 Å². The maximum Gasteiger partial charge on any atom is 0.321 e. The van der Waals surface area contributed by atoms with E-state index in [9.17, 15) is 9.59 Å². The van der Waals surface area contributed by atoms with Crippen LogP contribution >= 0.6 is 0 Å². The standard InChI is InChI=1S/C11H19N5O3/c1-2-5-12-11(19)13-10(18)8-16-7-9(14-15-16)4-3-6-17/h7,17H,2-6,8H2,1H3,(H2,12,13,18,19). The summed E-state index contributed by atoms with van der Waals surface area (Å²) in [5, 5.41) is 21.1. The van der Waals surface area contributed by atoms with E-state index in [0.29, 0.717) is 25.1 Å². The number of hydrogen-bond donors (Lipinski definition) is 3. The Kier molecular flexibility index (Phi) is 6.51. The number of aryl methyl sites for hydroxylation is 1. The molecule has 3 N–H and O–H groups in total. The van der Waals surface area contributed by atoms with Crippen molar-refractivity contribution in [3.63, 3.8) is 0 Å². The lowest BCUT2D eigenvalue weighted by molar-refractivity contribution is -0.120. The average Bonchev–Trinajstić information content (AvgIpc) is 2.81. The quantitative estimate of drug-likeness (QED) is 0.614. The van der Waals surface area contributed by atoms with Crippen LogP contribution in [0.4, 0.5) is 4.79 Å². The van der Waals surface area contributed by atoms with Crippen LogP contribution in [0.15, 0.2) is 6.20 Å². The third-order valence-electron chi connectivity index (χ3n) is 2.27. The molecule has 1 aromatic heterocycles. The fraction of sp³-hybridized carbons (Fsp3) is 0.636. The highest BCUT2D eigenvalue weighted by molar-refractivity contribution is 5.94. The van der Waals surface area contributed by atoms with Gasteiger partial charge in [-0.3, -0.25) is 10.1 Å². The first-order chi connectivity index (χ1) is 9.15. The molecule has 0 aliphatic carbocycles. The molecule has 0 saturated carbocycles. The molecule has 1 rings (SSSR count). The number of carbonyl (C=O) groups is 2. The molecule has 0 unspecified atom stereocenters. The number of amides is 3. The van der Waals surface area contributed by atoms with Crippen molar-refractivity contribution >= 4 is 11.9 Å². The summed E-state index contributed by atoms with van der Waals surface area (Å²) < 4.78 is 1.36. The highest BCUT2D eigenvalue weighted by atomic mass is 16.3. The lowest BCUT2D eigenvalue weighted by Gasteiger charge is -2.04. The van der Waals surface area contributed by atoms with Crippen LogP contribution in [-0.2, 0) is 17.8 Å². The zero-order valence-electron chi connectivity index (χ0n) is 10.9. The van der Waals surface area contributed by atoms with Gasteiger partial charge in [-0.15, -0.1) is 5.10 Å². The van der Waals surface area contributed by atoms with Crippen molar-refractivity contribution in [3.05, 3.63) is 11.9 Å². The van der Waals surface area contributed by atoms with Crippen molar-refractivity contribution in [2.24, 2.45) is 0 Å². The van der Waals surface area contributed by atoms with E-state index in [1.165, 1.54) is 4.68 Å². The monoisotopic (exact) mass is 269 g/mol. The number of aromatic nitrogens is 3. The molecule has 0 fully saturated rings. The molecule has 0 radical (unpaired) electrons. The van der Waals surface area contributed by atoms with E-state index in [1.54, 1.807) is 6.20 Å². The first-order valence-electron chi connectivity index (χ1n) is 6.23. The van der Waals surface area contributed by atoms with Gasteiger partial charge in [0, 0.05) is 19.3 Å². The van der Waals surface area contributed by atoms with E-state index in [0.717, 1.165) is 6.42 Å². The molecule has 106 valence electrons. The van der Waals surface area contributed by atoms with Gasteiger partial charge in [-0.1, -0.05) is 12.1 Å². The number of aliphatic hydroxyl groups is 1. The van der Waals surface area contributed by atoms with Crippen LogP contribution in [0, 0.1) is 0 Å². The normalized spacial score (nSPS) is 10.2. The molecule has 8 nitrogen and oxygen atoms in total. The van der Waals surface area contributed by atoms with Crippen LogP contribution in [0.25, 0.3) is 0 Å². The van der Waals surface area contributed by atoms with Gasteiger partial charge in [-0.25, -0.2) is 9.48 Å². The van der Waals surface area contributed by atoms with Crippen LogP contribution < -0.4 is 10.6 Å². The molecular formula is C11H19N5O3. The van der Waals surface area contributed by atoms with Crippen LogP contribution in [0.3, 0.4) is 0 Å². The van der Waals surface area contributed by atoms with E-state index in [2.05, 4.69) is 20.9 Å². The van der Waals surface area contributed by atoms with Gasteiger partial charge in [-0.2, -0.15) is 0 Å². The summed E-state index contributed by atoms with van der Waals surface area (Å²) in [6, 6.07) is -0.507. The Hall–Kier alpha value is -1.96. The number of urea groups is 1. The molecule has 0 aliphatic rings. The molecular weight excluding hydrogens is 250 g/mol. The van der Waals surface area contributed by atoms with E-state index in [1.807, 2.05) is 6.92 Å². The molecule has 0 bridgehead atoms. The van der Waals surface area contributed by atoms with E-state index in [4.69, 9.17) is 5.11 Å². The van der Waals surface area contributed by atoms with Crippen molar-refractivity contribution in [3.8, 4) is 0 Å². The molecule has 0 aromatic carbocycles. The maximum absolute atomic E-state index is 11.5. The molecule has 19 heavy (non-hydrogen) atoms. The van der Waals surface area contributed by atoms with E-state index in [-0.39, 0.29) is 13.2 Å². The summed E-state index contributed by atoms with van der Waals surface area (Å²) in [6.07, 6.45) is 3.64. The fourth-order valence-electron chi connectivity index (χ4n) is 1.39. The molecule has 1 heterocycles. The highest BCUT2D eigenvalue weighted by Gasteiger charge is 2.09. The number of imide groups is 1. The van der Waals surface area contributed by atoms with E-state index < -0.39 is 11.9 Å². The van der Waals surface area contributed by atoms with Crippen LogP contribution in [0.1, 0.15) is 25.5 Å². The molecule has 0 aliphatic heterocycles. The second-order valence-electron chi connectivity index (χ2n) is 4.04. The Labute approximate surface area is 111 Å². The number of aliphatic hydroxyl groups excluding tert-OH is 1. The Morgan fingerprint density at radius 1 is 1.47 bits per heavy atom. The van der Waals surface area contributed by atoms with Gasteiger partial charge in [-0.05, 0) is 19.3 Å². The fourth-order valence-corrected chi connectivity index (χ4v) is 1.39. The molecule has 3 amide bonds. The highest BCUT2D eigenvalue weighted by Crippen LogP contribution is 1.97. The largest absolute Gasteiger partial charge is 0.396 e. The minimum atomic E-state index is -0.507. The summed E-state index contributed by atoms with van der Waals surface area (Å²) in [4.78, 5) is 22.7. The van der Waals surface area contributed by atoms with Gasteiger partial charge < -0.3 is 10.4 Å². The van der Waals surface area contributed by atoms with Gasteiger partial charge in [0.1, 0.15) is 6.54 Å². The van der Waals surface area contributed by atoms with Gasteiger partial charge in [0.25, 0.3) is 0 Å². The smallest absolute Gasteiger partial charge is 0.321 e. The van der Waals surface area contributed by atoms with Gasteiger partial charge in [0.15, 0.2) is 0 Å². The third-order valence-corrected chi connectivity index (χ3v) is 2.27. The lowest BCUT2D eigenvalue weighted by Crippen LogP contribution is -2.41. The van der Waals surface area contributed by atoms with Crippen molar-refractivity contribution in [2.45, 2.75) is 32.7 Å². The number of nitrogens with zero attached hydrogens (tertiary/aromatic N) is 3. The summed E-state index contributed by atoms with van der Waals surface area (Å²) in [6.45, 7) is 2.47. The predicted octanol–water partition coefficient (Wildman–Crippen LogP) is -0.561. The van der Waals surface area contributed by atoms with Crippen molar-refractivity contribution in [1.29, 1.82) is 0 Å². The molecule has 8 heteroatoms. The number of nitrogens with one attached hydrogen (secondary N) is 2. The predicted molar refractivity (Wildman–Crippen MR) is 67.3 cm³/mol. The molecule has 1 aromatic rings. The summed E-state index contributed by atoms with van der Waals surface area (Å²) in [5.74, 6) is -0.452. The first kappa shape index (κ1) is 15.1. The maximum atomic E-state index is 11.5. The van der Waals surface area contributed by atoms with Gasteiger partial charge >= 0.3 is 6.03 Å². The first-order valence-corrected chi connectivity index (χ1v) is 6.23. The zero-order valence-corrected chi connectivity index (χ0v) is 10.9. The zero-order chi connectivity index (χ0) is 14.1. The summed E-state index contributed by atoms with van der Waals surface area (Å²) >= 11 is 0. The summed E-state index contributed by atoms with van der Waals surface area (Å²) in [5.41, 5.74) is 0.706. The van der Waals surface area contributed by atoms with Gasteiger partial charge in [0.2, 0.25) is 5.91 Å². The molecule has 0 atom stereocenters. The van der Waals surface area contributed by atoms with Crippen LogP contribution in [-0.4, -0.2) is 45.2 Å². The van der Waals surface area contributed by atoms with Gasteiger partial charge in [0.05, 0.1) is 5.69 Å². The minimum Gasteiger partial charge on any atom is -0.396 e. The Morgan fingerprint density at radius 3 is 2.95 bits per heavy atom. The summed E-state index contributed by atoms with van der Waals surface area (Å²) in [7, 11) is 0. The second-order valence-corrected chi connectivity index (χ2v) is 4.04. The Morgan fingerprint density at radius 2 is 2.26 bits per heavy atom. The average molecular weight is 269 g/mol. The third kappa shape index (κ3) is 5.96. The Bertz CT molecular complexity index is 418. The number of rotatable bonds is 7. The second kappa shape index (κ2) is 8.20. The topological polar surface area (TPSA) is 109 Å². The lowest BCUT2D eigenvalue weighted by atomic mass is 10.3. The molecule has 0 saturated heterocycles. The SMILES string of the molecule is CCCNC(=O)NC(=O)Cn1cc(CCCO)nn1.